The minimum absolute atomic E-state index is 0.0887. The van der Waals surface area contributed by atoms with Crippen molar-refractivity contribution in [1.29, 1.82) is 0 Å². The molecule has 0 radical (unpaired) electrons. The van der Waals surface area contributed by atoms with Crippen LogP contribution in [0.25, 0.3) is 11.5 Å². The third-order valence-corrected chi connectivity index (χ3v) is 4.98. The van der Waals surface area contributed by atoms with E-state index in [1.54, 1.807) is 11.3 Å². The topological polar surface area (TPSA) is 89.9 Å². The van der Waals surface area contributed by atoms with Crippen molar-refractivity contribution in [2.45, 2.75) is 36.4 Å². The molecule has 7 nitrogen and oxygen atoms in total. The maximum Gasteiger partial charge on any atom is 0.258 e. The van der Waals surface area contributed by atoms with Gasteiger partial charge in [0.05, 0.1) is 11.3 Å². The Hall–Kier alpha value is -1.71. The molecule has 22 heavy (non-hydrogen) atoms. The van der Waals surface area contributed by atoms with Gasteiger partial charge in [0.15, 0.2) is 16.8 Å². The fourth-order valence-electron chi connectivity index (χ4n) is 2.16. The van der Waals surface area contributed by atoms with Crippen LogP contribution in [-0.2, 0) is 12.4 Å². The molecule has 0 bridgehead atoms. The molecular weight excluding hydrogens is 322 g/mol. The van der Waals surface area contributed by atoms with Crippen molar-refractivity contribution in [1.82, 2.24) is 24.9 Å². The lowest BCUT2D eigenvalue weighted by Crippen LogP contribution is -2.03. The molecule has 1 fully saturated rings. The number of aliphatic hydroxyl groups excluding tert-OH is 1. The quantitative estimate of drug-likeness (QED) is 0.692. The zero-order valence-corrected chi connectivity index (χ0v) is 13.2. The number of rotatable bonds is 6. The average molecular weight is 335 g/mol. The first kappa shape index (κ1) is 13.9. The SMILES string of the molecule is OCc1nnc(SCc2noc(-c3ccsc3)n2)n1C1CC1. The van der Waals surface area contributed by atoms with Crippen LogP contribution in [0.1, 0.15) is 30.5 Å². The molecule has 1 saturated carbocycles. The van der Waals surface area contributed by atoms with E-state index in [0.29, 0.717) is 29.3 Å². The smallest absolute Gasteiger partial charge is 0.258 e. The maximum absolute atomic E-state index is 9.33. The number of thioether (sulfide) groups is 1. The highest BCUT2D eigenvalue weighted by Gasteiger charge is 2.29. The van der Waals surface area contributed by atoms with Crippen molar-refractivity contribution < 1.29 is 9.63 Å². The van der Waals surface area contributed by atoms with Crippen LogP contribution < -0.4 is 0 Å². The van der Waals surface area contributed by atoms with Crippen molar-refractivity contribution in [2.24, 2.45) is 0 Å². The van der Waals surface area contributed by atoms with Crippen molar-refractivity contribution in [3.63, 3.8) is 0 Å². The van der Waals surface area contributed by atoms with Crippen molar-refractivity contribution >= 4 is 23.1 Å². The largest absolute Gasteiger partial charge is 0.388 e. The lowest BCUT2D eigenvalue weighted by atomic mass is 10.3. The first-order valence-corrected chi connectivity index (χ1v) is 8.80. The Morgan fingerprint density at radius 3 is 3.05 bits per heavy atom. The van der Waals surface area contributed by atoms with Crippen LogP contribution >= 0.6 is 23.1 Å². The van der Waals surface area contributed by atoms with Gasteiger partial charge in [0.1, 0.15) is 6.61 Å². The number of thiophene rings is 1. The van der Waals surface area contributed by atoms with Gasteiger partial charge in [0.2, 0.25) is 0 Å². The third kappa shape index (κ3) is 2.67. The molecule has 3 heterocycles. The predicted octanol–water partition coefficient (Wildman–Crippen LogP) is 2.51. The minimum atomic E-state index is -0.0887. The van der Waals surface area contributed by atoms with E-state index < -0.39 is 0 Å². The molecule has 9 heteroatoms. The number of hydrogen-bond acceptors (Lipinski definition) is 8. The Bertz CT molecular complexity index is 763. The molecule has 0 amide bonds. The molecule has 0 atom stereocenters. The van der Waals surface area contributed by atoms with Gasteiger partial charge in [-0.1, -0.05) is 16.9 Å². The van der Waals surface area contributed by atoms with Gasteiger partial charge in [0.25, 0.3) is 5.89 Å². The second-order valence-electron chi connectivity index (χ2n) is 4.97. The summed E-state index contributed by atoms with van der Waals surface area (Å²) in [4.78, 5) is 4.39. The first-order chi connectivity index (χ1) is 10.8. The fraction of sp³-hybridized carbons (Fsp3) is 0.385. The molecule has 1 aliphatic carbocycles. The number of nitrogens with zero attached hydrogens (tertiary/aromatic N) is 5. The molecule has 0 spiro atoms. The highest BCUT2D eigenvalue weighted by Crippen LogP contribution is 2.39. The van der Waals surface area contributed by atoms with Crippen molar-refractivity contribution in [3.05, 3.63) is 28.5 Å². The molecule has 0 aliphatic heterocycles. The normalized spacial score (nSPS) is 14.6. The minimum Gasteiger partial charge on any atom is -0.388 e. The lowest BCUT2D eigenvalue weighted by Gasteiger charge is -2.05. The van der Waals surface area contributed by atoms with E-state index in [1.165, 1.54) is 11.8 Å². The molecule has 0 saturated heterocycles. The van der Waals surface area contributed by atoms with Gasteiger partial charge in [-0.25, -0.2) is 0 Å². The molecule has 114 valence electrons. The van der Waals surface area contributed by atoms with Gasteiger partial charge in [-0.3, -0.25) is 0 Å². The van der Waals surface area contributed by atoms with Crippen LogP contribution in [0.3, 0.4) is 0 Å². The Morgan fingerprint density at radius 1 is 1.41 bits per heavy atom. The van der Waals surface area contributed by atoms with E-state index >= 15 is 0 Å². The number of aromatic nitrogens is 5. The average Bonchev–Trinajstić information content (AvgIpc) is 3.01. The predicted molar refractivity (Wildman–Crippen MR) is 81.4 cm³/mol. The van der Waals surface area contributed by atoms with Gasteiger partial charge < -0.3 is 14.2 Å². The van der Waals surface area contributed by atoms with Crippen LogP contribution in [0.5, 0.6) is 0 Å². The summed E-state index contributed by atoms with van der Waals surface area (Å²) >= 11 is 3.10. The fourth-order valence-corrected chi connectivity index (χ4v) is 3.66. The Kier molecular flexibility index (Phi) is 3.68. The lowest BCUT2D eigenvalue weighted by molar-refractivity contribution is 0.263. The summed E-state index contributed by atoms with van der Waals surface area (Å²) in [5.41, 5.74) is 0.942. The van der Waals surface area contributed by atoms with Crippen molar-refractivity contribution in [3.8, 4) is 11.5 Å². The monoisotopic (exact) mass is 335 g/mol. The Balaban J connectivity index is 1.48. The highest BCUT2D eigenvalue weighted by molar-refractivity contribution is 7.98. The highest BCUT2D eigenvalue weighted by atomic mass is 32.2. The second-order valence-corrected chi connectivity index (χ2v) is 6.70. The van der Waals surface area contributed by atoms with Crippen LogP contribution in [0, 0.1) is 0 Å². The van der Waals surface area contributed by atoms with Gasteiger partial charge in [-0.15, -0.1) is 10.2 Å². The zero-order chi connectivity index (χ0) is 14.9. The summed E-state index contributed by atoms with van der Waals surface area (Å²) < 4.78 is 7.28. The van der Waals surface area contributed by atoms with Gasteiger partial charge in [-0.05, 0) is 24.3 Å². The van der Waals surface area contributed by atoms with Crippen molar-refractivity contribution in [2.75, 3.05) is 0 Å². The summed E-state index contributed by atoms with van der Waals surface area (Å²) in [5.74, 6) is 2.35. The van der Waals surface area contributed by atoms with Crippen LogP contribution in [0.15, 0.2) is 26.5 Å². The van der Waals surface area contributed by atoms with Gasteiger partial charge in [0, 0.05) is 11.4 Å². The van der Waals surface area contributed by atoms with Gasteiger partial charge >= 0.3 is 0 Å². The molecule has 3 aromatic rings. The van der Waals surface area contributed by atoms with Crippen LogP contribution in [0.4, 0.5) is 0 Å². The van der Waals surface area contributed by atoms with E-state index in [0.717, 1.165) is 23.6 Å². The van der Waals surface area contributed by atoms with E-state index in [2.05, 4.69) is 20.3 Å². The Morgan fingerprint density at radius 2 is 2.32 bits per heavy atom. The molecule has 1 aliphatic rings. The molecule has 0 aromatic carbocycles. The van der Waals surface area contributed by atoms with Crippen LogP contribution in [-0.4, -0.2) is 30.0 Å². The molecule has 4 rings (SSSR count). The second kappa shape index (κ2) is 5.82. The van der Waals surface area contributed by atoms with E-state index in [9.17, 15) is 5.11 Å². The summed E-state index contributed by atoms with van der Waals surface area (Å²) in [6.45, 7) is -0.0887. The van der Waals surface area contributed by atoms with E-state index in [4.69, 9.17) is 4.52 Å². The van der Waals surface area contributed by atoms with E-state index in [-0.39, 0.29) is 6.61 Å². The summed E-state index contributed by atoms with van der Waals surface area (Å²) in [7, 11) is 0. The summed E-state index contributed by atoms with van der Waals surface area (Å²) in [6.07, 6.45) is 2.23. The summed E-state index contributed by atoms with van der Waals surface area (Å²) in [5, 5.41) is 26.3. The zero-order valence-electron chi connectivity index (χ0n) is 11.5. The molecular formula is C13H13N5O2S2. The van der Waals surface area contributed by atoms with Crippen LogP contribution in [0.2, 0.25) is 0 Å². The molecule has 1 N–H and O–H groups in total. The van der Waals surface area contributed by atoms with Gasteiger partial charge in [-0.2, -0.15) is 16.3 Å². The van der Waals surface area contributed by atoms with E-state index in [1.807, 2.05) is 21.4 Å². The number of hydrogen-bond donors (Lipinski definition) is 1. The maximum atomic E-state index is 9.33. The molecule has 0 unspecified atom stereocenters. The summed E-state index contributed by atoms with van der Waals surface area (Å²) in [6, 6.07) is 2.37. The molecule has 3 aromatic heterocycles. The third-order valence-electron chi connectivity index (χ3n) is 3.36. The standard InChI is InChI=1S/C13H13N5O2S2/c19-5-11-15-16-13(18(11)9-1-2-9)22-7-10-14-12(20-17-10)8-3-4-21-6-8/h3-4,6,9,19H,1-2,5,7H2. The number of aliphatic hydroxyl groups is 1. The first-order valence-electron chi connectivity index (χ1n) is 6.87. The Labute approximate surface area is 134 Å².